The van der Waals surface area contributed by atoms with Crippen LogP contribution in [0, 0.1) is 5.82 Å². The predicted molar refractivity (Wildman–Crippen MR) is 120 cm³/mol. The first-order valence-corrected chi connectivity index (χ1v) is 12.0. The van der Waals surface area contributed by atoms with E-state index in [0.29, 0.717) is 34.9 Å². The average Bonchev–Trinajstić information content (AvgIpc) is 3.27. The summed E-state index contributed by atoms with van der Waals surface area (Å²) in [7, 11) is -4.90. The van der Waals surface area contributed by atoms with Crippen molar-refractivity contribution in [2.45, 2.75) is 26.2 Å². The van der Waals surface area contributed by atoms with Gasteiger partial charge >= 0.3 is 0 Å². The Bertz CT molecular complexity index is 1360. The van der Waals surface area contributed by atoms with Crippen molar-refractivity contribution in [3.05, 3.63) is 89.6 Å². The van der Waals surface area contributed by atoms with Crippen molar-refractivity contribution < 1.29 is 37.1 Å². The van der Waals surface area contributed by atoms with E-state index in [1.165, 1.54) is 16.8 Å². The second-order valence-corrected chi connectivity index (χ2v) is 8.84. The summed E-state index contributed by atoms with van der Waals surface area (Å²) in [5.74, 6) is 0.553. The van der Waals surface area contributed by atoms with Crippen LogP contribution in [-0.4, -0.2) is 15.0 Å². The van der Waals surface area contributed by atoms with Gasteiger partial charge in [0.25, 0.3) is 13.6 Å². The average molecular weight is 500 g/mol. The summed E-state index contributed by atoms with van der Waals surface area (Å²) in [6, 6.07) is 14.9. The molecule has 4 aromatic rings. The van der Waals surface area contributed by atoms with E-state index in [0.717, 1.165) is 5.56 Å². The molecule has 10 nitrogen and oxygen atoms in total. The van der Waals surface area contributed by atoms with E-state index in [2.05, 4.69) is 14.7 Å². The smallest absolute Gasteiger partial charge is 0.285 e. The zero-order valence-corrected chi connectivity index (χ0v) is 19.5. The summed E-state index contributed by atoms with van der Waals surface area (Å²) >= 11 is 0. The molecule has 182 valence electrons. The van der Waals surface area contributed by atoms with Crippen LogP contribution in [0.5, 0.6) is 5.88 Å². The van der Waals surface area contributed by atoms with Crippen LogP contribution in [-0.2, 0) is 22.2 Å². The molecule has 3 heterocycles. The molecule has 0 aliphatic heterocycles. The minimum Gasteiger partial charge on any atom is -0.756 e. The molecule has 0 amide bonds. The number of nitrogens with zero attached hydrogens (tertiary/aromatic N) is 3. The summed E-state index contributed by atoms with van der Waals surface area (Å²) < 4.78 is 41.6. The van der Waals surface area contributed by atoms with Crippen molar-refractivity contribution >= 4 is 13.6 Å². The number of phosphoric acid groups is 1. The number of halogens is 1. The van der Waals surface area contributed by atoms with Gasteiger partial charge in [0.05, 0.1) is 11.9 Å². The predicted octanol–water partition coefficient (Wildman–Crippen LogP) is 2.91. The molecule has 0 radical (unpaired) electrons. The van der Waals surface area contributed by atoms with Crippen LogP contribution in [0.3, 0.4) is 0 Å². The van der Waals surface area contributed by atoms with Gasteiger partial charge in [-0.25, -0.2) is 13.9 Å². The first-order chi connectivity index (χ1) is 16.7. The second kappa shape index (κ2) is 10.3. The van der Waals surface area contributed by atoms with Gasteiger partial charge in [-0.3, -0.25) is 14.8 Å². The summed E-state index contributed by atoms with van der Waals surface area (Å²) in [6.45, 7) is 1.26. The molecule has 0 aliphatic carbocycles. The van der Waals surface area contributed by atoms with E-state index in [4.69, 9.17) is 19.9 Å². The minimum atomic E-state index is -4.90. The molecule has 35 heavy (non-hydrogen) atoms. The standard InChI is InChI=1S/C23H22FN4O6P/c1-15(18-5-2-3-7-20(18)24)33-22-9-8-16(13-26-22)11-17-12-21(34-27-17)19-6-4-10-28(23(19)25)14-32-35(29,30)31/h2-10,12-13,15,25H,11,14H2,1H3,(H2,29,30,31). The SMILES string of the molecule is CC(Oc1ccc(Cc2cc(-c3ccc[n+](COP(=O)([O-])O)c3N)on2)cn1)c1ccccc1F. The van der Waals surface area contributed by atoms with Gasteiger partial charge in [0.15, 0.2) is 12.5 Å². The molecular weight excluding hydrogens is 478 g/mol. The number of rotatable bonds is 9. The largest absolute Gasteiger partial charge is 0.756 e. The van der Waals surface area contributed by atoms with Crippen molar-refractivity contribution in [3.63, 3.8) is 0 Å². The van der Waals surface area contributed by atoms with Gasteiger partial charge in [0.1, 0.15) is 17.5 Å². The topological polar surface area (TPSA) is 148 Å². The van der Waals surface area contributed by atoms with E-state index in [-0.39, 0.29) is 11.6 Å². The Hall–Kier alpha value is -3.63. The maximum atomic E-state index is 13.9. The normalized spacial score (nSPS) is 13.8. The molecule has 0 saturated carbocycles. The van der Waals surface area contributed by atoms with Crippen LogP contribution >= 0.6 is 7.82 Å². The summed E-state index contributed by atoms with van der Waals surface area (Å²) in [6.07, 6.45) is 3.04. The van der Waals surface area contributed by atoms with Crippen LogP contribution in [0.1, 0.15) is 29.8 Å². The van der Waals surface area contributed by atoms with Gasteiger partial charge in [-0.2, -0.15) is 0 Å². The first-order valence-electron chi connectivity index (χ1n) is 10.5. The first kappa shape index (κ1) is 24.5. The number of anilines is 1. The zero-order chi connectivity index (χ0) is 25.0. The van der Waals surface area contributed by atoms with Crippen molar-refractivity contribution in [1.29, 1.82) is 0 Å². The zero-order valence-electron chi connectivity index (χ0n) is 18.6. The lowest BCUT2D eigenvalue weighted by atomic mass is 10.1. The Balaban J connectivity index is 1.42. The highest BCUT2D eigenvalue weighted by Crippen LogP contribution is 2.31. The van der Waals surface area contributed by atoms with Crippen molar-refractivity contribution in [2.24, 2.45) is 0 Å². The highest BCUT2D eigenvalue weighted by atomic mass is 31.2. The van der Waals surface area contributed by atoms with Crippen LogP contribution in [0.15, 0.2) is 71.5 Å². The van der Waals surface area contributed by atoms with Crippen LogP contribution < -0.4 is 19.9 Å². The van der Waals surface area contributed by atoms with Crippen molar-refractivity contribution in [2.75, 3.05) is 5.73 Å². The number of nitrogens with two attached hydrogens (primary N) is 1. The van der Waals surface area contributed by atoms with E-state index in [1.54, 1.807) is 55.6 Å². The molecule has 2 unspecified atom stereocenters. The summed E-state index contributed by atoms with van der Waals surface area (Å²) in [5.41, 5.74) is 8.46. The van der Waals surface area contributed by atoms with Gasteiger partial charge in [0, 0.05) is 30.3 Å². The summed E-state index contributed by atoms with van der Waals surface area (Å²) in [5, 5.41) is 4.06. The number of nitrogen functional groups attached to an aromatic ring is 1. The van der Waals surface area contributed by atoms with E-state index >= 15 is 0 Å². The monoisotopic (exact) mass is 500 g/mol. The molecule has 0 bridgehead atoms. The van der Waals surface area contributed by atoms with E-state index < -0.39 is 20.7 Å². The number of benzene rings is 1. The van der Waals surface area contributed by atoms with Crippen molar-refractivity contribution in [1.82, 2.24) is 10.1 Å². The fourth-order valence-corrected chi connectivity index (χ4v) is 3.66. The fraction of sp³-hybridized carbons (Fsp3) is 0.174. The molecule has 1 aromatic carbocycles. The third-order valence-corrected chi connectivity index (χ3v) is 5.56. The second-order valence-electron chi connectivity index (χ2n) is 7.65. The fourth-order valence-electron chi connectivity index (χ4n) is 3.39. The van der Waals surface area contributed by atoms with Gasteiger partial charge < -0.3 is 19.0 Å². The molecule has 4 rings (SSSR count). The number of pyridine rings is 2. The molecule has 2 atom stereocenters. The van der Waals surface area contributed by atoms with E-state index in [1.807, 2.05) is 6.07 Å². The molecule has 12 heteroatoms. The van der Waals surface area contributed by atoms with Crippen LogP contribution in [0.2, 0.25) is 0 Å². The van der Waals surface area contributed by atoms with Gasteiger partial charge in [-0.15, -0.1) is 0 Å². The molecule has 0 aliphatic rings. The van der Waals surface area contributed by atoms with Gasteiger partial charge in [0.2, 0.25) is 5.88 Å². The van der Waals surface area contributed by atoms with Crippen LogP contribution in [0.4, 0.5) is 10.2 Å². The Labute approximate surface area is 200 Å². The highest BCUT2D eigenvalue weighted by Gasteiger charge is 2.18. The highest BCUT2D eigenvalue weighted by molar-refractivity contribution is 7.44. The lowest BCUT2D eigenvalue weighted by molar-refractivity contribution is -0.712. The van der Waals surface area contributed by atoms with Gasteiger partial charge in [-0.1, -0.05) is 29.4 Å². The molecule has 3 aromatic heterocycles. The number of ether oxygens (including phenoxy) is 1. The third-order valence-electron chi connectivity index (χ3n) is 5.12. The quantitative estimate of drug-likeness (QED) is 0.261. The van der Waals surface area contributed by atoms with Gasteiger partial charge in [-0.05, 0) is 30.7 Å². The maximum Gasteiger partial charge on any atom is 0.285 e. The molecule has 0 saturated heterocycles. The minimum absolute atomic E-state index is 0.163. The third kappa shape index (κ3) is 6.28. The number of hydrogen-bond donors (Lipinski definition) is 2. The Morgan fingerprint density at radius 3 is 2.77 bits per heavy atom. The number of aromatic nitrogens is 3. The van der Waals surface area contributed by atoms with E-state index in [9.17, 15) is 13.8 Å². The Kier molecular flexibility index (Phi) is 7.23. The Morgan fingerprint density at radius 1 is 1.26 bits per heavy atom. The molecular formula is C23H22FN4O6P. The molecule has 3 N–H and O–H groups in total. The van der Waals surface area contributed by atoms with Crippen molar-refractivity contribution in [3.8, 4) is 17.2 Å². The number of phosphoric ester groups is 1. The molecule has 0 spiro atoms. The summed E-state index contributed by atoms with van der Waals surface area (Å²) in [4.78, 5) is 23.9. The molecule has 0 fully saturated rings. The Morgan fingerprint density at radius 2 is 2.06 bits per heavy atom. The maximum absolute atomic E-state index is 13.9. The lowest BCUT2D eigenvalue weighted by Gasteiger charge is -2.15. The van der Waals surface area contributed by atoms with Crippen LogP contribution in [0.25, 0.3) is 11.3 Å². The number of hydrogen-bond acceptors (Lipinski definition) is 8. The lowest BCUT2D eigenvalue weighted by Crippen LogP contribution is -2.38.